The van der Waals surface area contributed by atoms with Crippen LogP contribution in [0.4, 0.5) is 0 Å². The smallest absolute Gasteiger partial charge is 0.203 e. The van der Waals surface area contributed by atoms with Gasteiger partial charge in [-0.25, -0.2) is 4.98 Å². The zero-order valence-corrected chi connectivity index (χ0v) is 13.0. The van der Waals surface area contributed by atoms with Crippen LogP contribution in [0.1, 0.15) is 19.8 Å². The molecule has 1 aromatic carbocycles. The Kier molecular flexibility index (Phi) is 5.09. The topological polar surface area (TPSA) is 45.5 Å². The Labute approximate surface area is 125 Å². The molecular weight excluding hydrogens is 268 g/mol. The third kappa shape index (κ3) is 3.12. The number of unbranched alkanes of at least 4 members (excludes halogenated alkanes) is 1. The Morgan fingerprint density at radius 2 is 1.71 bits per heavy atom. The van der Waals surface area contributed by atoms with Gasteiger partial charge in [-0.15, -0.1) is 0 Å². The first-order chi connectivity index (χ1) is 10.2. The van der Waals surface area contributed by atoms with E-state index < -0.39 is 0 Å². The van der Waals surface area contributed by atoms with E-state index in [0.717, 1.165) is 30.8 Å². The molecule has 0 fully saturated rings. The van der Waals surface area contributed by atoms with E-state index in [0.29, 0.717) is 17.2 Å². The first-order valence-electron chi connectivity index (χ1n) is 7.06. The van der Waals surface area contributed by atoms with Crippen LogP contribution in [0.2, 0.25) is 0 Å². The quantitative estimate of drug-likeness (QED) is 0.784. The van der Waals surface area contributed by atoms with Crippen molar-refractivity contribution in [3.8, 4) is 28.6 Å². The van der Waals surface area contributed by atoms with Gasteiger partial charge in [-0.05, 0) is 18.6 Å². The Morgan fingerprint density at radius 3 is 2.24 bits per heavy atom. The summed E-state index contributed by atoms with van der Waals surface area (Å²) in [5, 5.41) is 0. The van der Waals surface area contributed by atoms with Crippen LogP contribution in [0, 0.1) is 0 Å². The Morgan fingerprint density at radius 1 is 1.05 bits per heavy atom. The molecule has 5 nitrogen and oxygen atoms in total. The highest BCUT2D eigenvalue weighted by molar-refractivity contribution is 5.67. The molecule has 1 aromatic heterocycles. The number of nitrogens with zero attached hydrogens (tertiary/aromatic N) is 2. The van der Waals surface area contributed by atoms with Crippen molar-refractivity contribution >= 4 is 0 Å². The third-order valence-electron chi connectivity index (χ3n) is 3.39. The van der Waals surface area contributed by atoms with E-state index in [9.17, 15) is 0 Å². The zero-order chi connectivity index (χ0) is 15.2. The lowest BCUT2D eigenvalue weighted by Crippen LogP contribution is -2.01. The molecule has 0 atom stereocenters. The Balaban J connectivity index is 2.47. The lowest BCUT2D eigenvalue weighted by atomic mass is 10.1. The van der Waals surface area contributed by atoms with Gasteiger partial charge in [0, 0.05) is 24.5 Å². The standard InChI is InChI=1S/C16H22N2O3/c1-5-6-8-18-9-7-17-16(18)12-10-13(19-2)15(21-4)14(11-12)20-3/h7,9-11H,5-6,8H2,1-4H3. The van der Waals surface area contributed by atoms with Crippen molar-refractivity contribution in [2.75, 3.05) is 21.3 Å². The first kappa shape index (κ1) is 15.2. The fourth-order valence-corrected chi connectivity index (χ4v) is 2.29. The summed E-state index contributed by atoms with van der Waals surface area (Å²) < 4.78 is 18.3. The molecule has 21 heavy (non-hydrogen) atoms. The van der Waals surface area contributed by atoms with Gasteiger partial charge < -0.3 is 18.8 Å². The number of aromatic nitrogens is 2. The molecule has 0 aliphatic heterocycles. The van der Waals surface area contributed by atoms with Crippen LogP contribution in [-0.2, 0) is 6.54 Å². The molecule has 2 aromatic rings. The van der Waals surface area contributed by atoms with Crippen LogP contribution in [0.3, 0.4) is 0 Å². The van der Waals surface area contributed by atoms with Crippen molar-refractivity contribution in [1.29, 1.82) is 0 Å². The number of rotatable bonds is 7. The summed E-state index contributed by atoms with van der Waals surface area (Å²) in [6.07, 6.45) is 6.07. The van der Waals surface area contributed by atoms with E-state index in [2.05, 4.69) is 16.5 Å². The zero-order valence-electron chi connectivity index (χ0n) is 13.0. The van der Waals surface area contributed by atoms with Crippen LogP contribution < -0.4 is 14.2 Å². The summed E-state index contributed by atoms with van der Waals surface area (Å²) in [5.74, 6) is 2.77. The number of methoxy groups -OCH3 is 3. The molecule has 1 heterocycles. The van der Waals surface area contributed by atoms with Crippen LogP contribution in [-0.4, -0.2) is 30.9 Å². The van der Waals surface area contributed by atoms with Gasteiger partial charge >= 0.3 is 0 Å². The molecule has 0 bridgehead atoms. The fourth-order valence-electron chi connectivity index (χ4n) is 2.29. The summed E-state index contributed by atoms with van der Waals surface area (Å²) in [4.78, 5) is 4.46. The summed E-state index contributed by atoms with van der Waals surface area (Å²) >= 11 is 0. The molecule has 0 unspecified atom stereocenters. The maximum atomic E-state index is 5.40. The fraction of sp³-hybridized carbons (Fsp3) is 0.438. The number of ether oxygens (including phenoxy) is 3. The van der Waals surface area contributed by atoms with Gasteiger partial charge in [0.25, 0.3) is 0 Å². The molecule has 5 heteroatoms. The molecule has 114 valence electrons. The lowest BCUT2D eigenvalue weighted by molar-refractivity contribution is 0.324. The molecular formula is C16H22N2O3. The first-order valence-corrected chi connectivity index (χ1v) is 7.06. The van der Waals surface area contributed by atoms with Crippen LogP contribution in [0.15, 0.2) is 24.5 Å². The maximum Gasteiger partial charge on any atom is 0.203 e. The predicted molar refractivity (Wildman–Crippen MR) is 82.2 cm³/mol. The number of aryl methyl sites for hydroxylation is 1. The predicted octanol–water partition coefficient (Wildman–Crippen LogP) is 3.38. The Hall–Kier alpha value is -2.17. The lowest BCUT2D eigenvalue weighted by Gasteiger charge is -2.14. The van der Waals surface area contributed by atoms with Gasteiger partial charge in [0.05, 0.1) is 21.3 Å². The molecule has 0 amide bonds. The molecule has 0 saturated heterocycles. The highest BCUT2D eigenvalue weighted by atomic mass is 16.5. The average Bonchev–Trinajstić information content (AvgIpc) is 2.99. The Bertz CT molecular complexity index is 568. The SMILES string of the molecule is CCCCn1ccnc1-c1cc(OC)c(OC)c(OC)c1. The van der Waals surface area contributed by atoms with Crippen LogP contribution >= 0.6 is 0 Å². The van der Waals surface area contributed by atoms with E-state index in [1.54, 1.807) is 21.3 Å². The third-order valence-corrected chi connectivity index (χ3v) is 3.39. The van der Waals surface area contributed by atoms with E-state index >= 15 is 0 Å². The van der Waals surface area contributed by atoms with Crippen molar-refractivity contribution in [2.45, 2.75) is 26.3 Å². The van der Waals surface area contributed by atoms with Gasteiger partial charge in [-0.2, -0.15) is 0 Å². The summed E-state index contributed by atoms with van der Waals surface area (Å²) in [5.41, 5.74) is 0.950. The van der Waals surface area contributed by atoms with Gasteiger partial charge in [0.2, 0.25) is 5.75 Å². The van der Waals surface area contributed by atoms with Crippen molar-refractivity contribution in [1.82, 2.24) is 9.55 Å². The van der Waals surface area contributed by atoms with Gasteiger partial charge in [-0.1, -0.05) is 13.3 Å². The van der Waals surface area contributed by atoms with E-state index in [4.69, 9.17) is 14.2 Å². The highest BCUT2D eigenvalue weighted by Crippen LogP contribution is 2.40. The normalized spacial score (nSPS) is 10.5. The number of hydrogen-bond acceptors (Lipinski definition) is 4. The van der Waals surface area contributed by atoms with Crippen molar-refractivity contribution in [3.63, 3.8) is 0 Å². The van der Waals surface area contributed by atoms with Crippen molar-refractivity contribution < 1.29 is 14.2 Å². The van der Waals surface area contributed by atoms with E-state index in [-0.39, 0.29) is 0 Å². The number of imidazole rings is 1. The average molecular weight is 290 g/mol. The maximum absolute atomic E-state index is 5.40. The molecule has 0 saturated carbocycles. The minimum Gasteiger partial charge on any atom is -0.493 e. The molecule has 0 N–H and O–H groups in total. The minimum absolute atomic E-state index is 0.593. The van der Waals surface area contributed by atoms with E-state index in [1.165, 1.54) is 0 Å². The van der Waals surface area contributed by atoms with Crippen molar-refractivity contribution in [3.05, 3.63) is 24.5 Å². The summed E-state index contributed by atoms with van der Waals surface area (Å²) in [6, 6.07) is 3.85. The molecule has 0 radical (unpaired) electrons. The number of benzene rings is 1. The van der Waals surface area contributed by atoms with E-state index in [1.807, 2.05) is 24.5 Å². The molecule has 0 aliphatic carbocycles. The monoisotopic (exact) mass is 290 g/mol. The summed E-state index contributed by atoms with van der Waals surface area (Å²) in [7, 11) is 4.83. The van der Waals surface area contributed by atoms with Crippen LogP contribution in [0.25, 0.3) is 11.4 Å². The van der Waals surface area contributed by atoms with Gasteiger partial charge in [-0.3, -0.25) is 0 Å². The largest absolute Gasteiger partial charge is 0.493 e. The number of hydrogen-bond donors (Lipinski definition) is 0. The molecule has 0 spiro atoms. The van der Waals surface area contributed by atoms with Crippen molar-refractivity contribution in [2.24, 2.45) is 0 Å². The second-order valence-corrected chi connectivity index (χ2v) is 4.71. The van der Waals surface area contributed by atoms with Gasteiger partial charge in [0.1, 0.15) is 5.82 Å². The summed E-state index contributed by atoms with van der Waals surface area (Å²) in [6.45, 7) is 3.12. The van der Waals surface area contributed by atoms with Gasteiger partial charge in [0.15, 0.2) is 11.5 Å². The second-order valence-electron chi connectivity index (χ2n) is 4.71. The minimum atomic E-state index is 0.593. The molecule has 2 rings (SSSR count). The molecule has 0 aliphatic rings. The second kappa shape index (κ2) is 7.02. The highest BCUT2D eigenvalue weighted by Gasteiger charge is 2.16. The van der Waals surface area contributed by atoms with Crippen LogP contribution in [0.5, 0.6) is 17.2 Å².